The zero-order valence-electron chi connectivity index (χ0n) is 25.7. The molecule has 6 rings (SSSR count). The quantitative estimate of drug-likeness (QED) is 0.192. The summed E-state index contributed by atoms with van der Waals surface area (Å²) in [4.78, 5) is 31.2. The number of nitrogens with zero attached hydrogens (tertiary/aromatic N) is 2. The summed E-state index contributed by atoms with van der Waals surface area (Å²) >= 11 is 0. The van der Waals surface area contributed by atoms with Crippen LogP contribution >= 0.6 is 0 Å². The molecular formula is C35H37FN4O4. The summed E-state index contributed by atoms with van der Waals surface area (Å²) < 4.78 is 19.8. The largest absolute Gasteiger partial charge is 0.455 e. The van der Waals surface area contributed by atoms with Crippen molar-refractivity contribution >= 4 is 40.4 Å². The number of benzene rings is 4. The zero-order chi connectivity index (χ0) is 32.4. The Morgan fingerprint density at radius 2 is 1.57 bits per heavy atom. The molecule has 2 aromatic heterocycles. The SMILES string of the molecule is C=O.CC.CNC(=O)c1c(-c2ccc(F)cc2)oc2cc(N(C)C)c(-c3cccc(-c4nc5ccccc5[nH]4)c3)cc12.CO. The highest BCUT2D eigenvalue weighted by Gasteiger charge is 2.24. The van der Waals surface area contributed by atoms with Gasteiger partial charge >= 0.3 is 0 Å². The van der Waals surface area contributed by atoms with Gasteiger partial charge in [0, 0.05) is 62.1 Å². The number of amides is 1. The van der Waals surface area contributed by atoms with Gasteiger partial charge in [-0.25, -0.2) is 9.37 Å². The molecule has 0 atom stereocenters. The van der Waals surface area contributed by atoms with Gasteiger partial charge in [0.25, 0.3) is 5.91 Å². The Morgan fingerprint density at radius 3 is 2.20 bits per heavy atom. The number of fused-ring (bicyclic) bond motifs is 2. The summed E-state index contributed by atoms with van der Waals surface area (Å²) in [7, 11) is 6.52. The third-order valence-corrected chi connectivity index (χ3v) is 6.69. The van der Waals surface area contributed by atoms with E-state index in [1.165, 1.54) is 12.1 Å². The highest BCUT2D eigenvalue weighted by Crippen LogP contribution is 2.41. The number of para-hydroxylation sites is 2. The van der Waals surface area contributed by atoms with Crippen LogP contribution in [-0.4, -0.2) is 56.0 Å². The molecule has 0 spiro atoms. The van der Waals surface area contributed by atoms with Crippen molar-refractivity contribution < 1.29 is 23.5 Å². The number of nitrogens with one attached hydrogen (secondary N) is 2. The lowest BCUT2D eigenvalue weighted by atomic mass is 9.97. The Labute approximate surface area is 256 Å². The third kappa shape index (κ3) is 6.68. The summed E-state index contributed by atoms with van der Waals surface area (Å²) in [5.74, 6) is 0.557. The predicted octanol–water partition coefficient (Wildman–Crippen LogP) is 7.32. The number of aromatic nitrogens is 2. The minimum Gasteiger partial charge on any atom is -0.455 e. The highest BCUT2D eigenvalue weighted by molar-refractivity contribution is 6.13. The van der Waals surface area contributed by atoms with Crippen molar-refractivity contribution in [3.8, 4) is 33.8 Å². The Morgan fingerprint density at radius 1 is 0.909 bits per heavy atom. The maximum Gasteiger partial charge on any atom is 0.255 e. The number of carbonyl (C=O) groups is 2. The Kier molecular flexibility index (Phi) is 11.5. The number of furan rings is 1. The van der Waals surface area contributed by atoms with Crippen molar-refractivity contribution in [2.75, 3.05) is 33.2 Å². The maximum atomic E-state index is 13.6. The van der Waals surface area contributed by atoms with Crippen LogP contribution < -0.4 is 10.2 Å². The Hall–Kier alpha value is -5.28. The van der Waals surface area contributed by atoms with Crippen LogP contribution in [0.15, 0.2) is 89.3 Å². The monoisotopic (exact) mass is 596 g/mol. The molecule has 1 amide bonds. The van der Waals surface area contributed by atoms with E-state index < -0.39 is 0 Å². The van der Waals surface area contributed by atoms with Gasteiger partial charge in [-0.3, -0.25) is 4.79 Å². The summed E-state index contributed by atoms with van der Waals surface area (Å²) in [6.45, 7) is 6.00. The van der Waals surface area contributed by atoms with Gasteiger partial charge in [-0.15, -0.1) is 0 Å². The number of carbonyl (C=O) groups excluding carboxylic acids is 2. The third-order valence-electron chi connectivity index (χ3n) is 6.69. The van der Waals surface area contributed by atoms with E-state index in [4.69, 9.17) is 19.3 Å². The van der Waals surface area contributed by atoms with E-state index in [1.807, 2.05) is 94.2 Å². The van der Waals surface area contributed by atoms with E-state index in [-0.39, 0.29) is 11.7 Å². The first-order valence-corrected chi connectivity index (χ1v) is 14.0. The van der Waals surface area contributed by atoms with Crippen LogP contribution in [-0.2, 0) is 4.79 Å². The smallest absolute Gasteiger partial charge is 0.255 e. The number of imidazole rings is 1. The first kappa shape index (κ1) is 33.2. The normalized spacial score (nSPS) is 10.1. The fraction of sp³-hybridized carbons (Fsp3) is 0.171. The maximum absolute atomic E-state index is 13.6. The fourth-order valence-electron chi connectivity index (χ4n) is 4.81. The van der Waals surface area contributed by atoms with E-state index >= 15 is 0 Å². The van der Waals surface area contributed by atoms with Crippen molar-refractivity contribution in [1.82, 2.24) is 15.3 Å². The van der Waals surface area contributed by atoms with Gasteiger partial charge < -0.3 is 29.5 Å². The molecule has 6 aromatic rings. The molecule has 0 radical (unpaired) electrons. The average Bonchev–Trinajstić information content (AvgIpc) is 3.69. The van der Waals surface area contributed by atoms with Gasteiger partial charge in [0.1, 0.15) is 29.8 Å². The summed E-state index contributed by atoms with van der Waals surface area (Å²) in [5, 5.41) is 10.4. The van der Waals surface area contributed by atoms with E-state index in [1.54, 1.807) is 19.2 Å². The van der Waals surface area contributed by atoms with Crippen molar-refractivity contribution in [1.29, 1.82) is 0 Å². The second kappa shape index (κ2) is 15.3. The number of aromatic amines is 1. The van der Waals surface area contributed by atoms with Crippen LogP contribution in [0.2, 0.25) is 0 Å². The van der Waals surface area contributed by atoms with Crippen molar-refractivity contribution in [2.45, 2.75) is 13.8 Å². The lowest BCUT2D eigenvalue weighted by Crippen LogP contribution is -2.18. The van der Waals surface area contributed by atoms with Gasteiger partial charge in [0.15, 0.2) is 0 Å². The highest BCUT2D eigenvalue weighted by atomic mass is 19.1. The van der Waals surface area contributed by atoms with Crippen LogP contribution in [0.5, 0.6) is 0 Å². The molecule has 2 heterocycles. The number of hydrogen-bond acceptors (Lipinski definition) is 6. The van der Waals surface area contributed by atoms with Crippen molar-refractivity contribution in [3.63, 3.8) is 0 Å². The van der Waals surface area contributed by atoms with Crippen LogP contribution in [0.4, 0.5) is 10.1 Å². The topological polar surface area (TPSA) is 111 Å². The molecule has 228 valence electrons. The number of aliphatic hydroxyl groups excluding tert-OH is 1. The molecule has 0 fully saturated rings. The molecule has 44 heavy (non-hydrogen) atoms. The second-order valence-electron chi connectivity index (χ2n) is 9.34. The molecule has 3 N–H and O–H groups in total. The lowest BCUT2D eigenvalue weighted by molar-refractivity contribution is -0.0980. The van der Waals surface area contributed by atoms with Crippen LogP contribution in [0.3, 0.4) is 0 Å². The fourth-order valence-corrected chi connectivity index (χ4v) is 4.81. The minimum atomic E-state index is -0.354. The molecular weight excluding hydrogens is 559 g/mol. The van der Waals surface area contributed by atoms with E-state index in [0.29, 0.717) is 27.9 Å². The van der Waals surface area contributed by atoms with Gasteiger partial charge in [0.05, 0.1) is 16.6 Å². The number of aliphatic hydroxyl groups is 1. The lowest BCUT2D eigenvalue weighted by Gasteiger charge is -2.18. The molecule has 9 heteroatoms. The van der Waals surface area contributed by atoms with Gasteiger partial charge in [0.2, 0.25) is 0 Å². The van der Waals surface area contributed by atoms with Gasteiger partial charge in [-0.2, -0.15) is 0 Å². The summed E-state index contributed by atoms with van der Waals surface area (Å²) in [6.07, 6.45) is 0. The van der Waals surface area contributed by atoms with Crippen molar-refractivity contribution in [3.05, 3.63) is 96.3 Å². The van der Waals surface area contributed by atoms with Crippen LogP contribution in [0.25, 0.3) is 55.8 Å². The average molecular weight is 597 g/mol. The van der Waals surface area contributed by atoms with Crippen LogP contribution in [0.1, 0.15) is 24.2 Å². The van der Waals surface area contributed by atoms with Gasteiger partial charge in [-0.1, -0.05) is 44.2 Å². The minimum absolute atomic E-state index is 0.275. The number of hydrogen-bond donors (Lipinski definition) is 3. The standard InChI is InChI=1S/C31H25FN4O2.C2H6.CH4O.CH2O/c1-33-31(37)28-23-16-22(19-7-6-8-20(15-19)30-34-24-9-4-5-10-25(24)35-30)26(36(2)3)17-27(23)38-29(28)18-11-13-21(32)14-12-18;3*1-2/h4-17H,1-3H3,(H,33,37)(H,34,35);1-2H3;2H,1H3;1H2. The zero-order valence-corrected chi connectivity index (χ0v) is 25.7. The number of halogens is 1. The molecule has 4 aromatic carbocycles. The number of rotatable bonds is 5. The first-order valence-electron chi connectivity index (χ1n) is 14.0. The van der Waals surface area contributed by atoms with Gasteiger partial charge in [-0.05, 0) is 54.1 Å². The van der Waals surface area contributed by atoms with Crippen molar-refractivity contribution in [2.24, 2.45) is 0 Å². The summed E-state index contributed by atoms with van der Waals surface area (Å²) in [5.41, 5.74) is 7.30. The molecule has 0 saturated carbocycles. The first-order chi connectivity index (χ1) is 21.4. The summed E-state index contributed by atoms with van der Waals surface area (Å²) in [6, 6.07) is 26.0. The Bertz CT molecular complexity index is 1810. The molecule has 8 nitrogen and oxygen atoms in total. The van der Waals surface area contributed by atoms with E-state index in [9.17, 15) is 9.18 Å². The van der Waals surface area contributed by atoms with E-state index in [2.05, 4.69) is 16.4 Å². The Balaban J connectivity index is 0.000000832. The molecule has 0 aliphatic carbocycles. The molecule has 0 bridgehead atoms. The second-order valence-corrected chi connectivity index (χ2v) is 9.34. The predicted molar refractivity (Wildman–Crippen MR) is 176 cm³/mol. The van der Waals surface area contributed by atoms with E-state index in [0.717, 1.165) is 46.3 Å². The molecule has 0 aliphatic rings. The number of anilines is 1. The number of H-pyrrole nitrogens is 1. The molecule has 0 saturated heterocycles. The molecule has 0 aliphatic heterocycles. The van der Waals surface area contributed by atoms with Crippen LogP contribution in [0, 0.1) is 5.82 Å². The molecule has 0 unspecified atom stereocenters.